The number of aromatic nitrogens is 1. The molecule has 0 bridgehead atoms. The third-order valence-electron chi connectivity index (χ3n) is 3.35. The van der Waals surface area contributed by atoms with E-state index in [9.17, 15) is 4.79 Å². The second kappa shape index (κ2) is 5.33. The number of nitrogen functional groups attached to an aromatic ring is 1. The molecule has 0 saturated carbocycles. The van der Waals surface area contributed by atoms with Crippen LogP contribution >= 0.6 is 0 Å². The molecule has 2 aromatic rings. The normalized spacial score (nSPS) is 11.2. The van der Waals surface area contributed by atoms with Crippen LogP contribution in [0.3, 0.4) is 0 Å². The SMILES string of the molecule is COC(=O)C(C)(C)c1cccc(-c2cccc(N)n2)c1. The minimum absolute atomic E-state index is 0.268. The van der Waals surface area contributed by atoms with Gasteiger partial charge in [0.15, 0.2) is 0 Å². The van der Waals surface area contributed by atoms with Gasteiger partial charge in [0.1, 0.15) is 5.82 Å². The molecule has 104 valence electrons. The first-order valence-corrected chi connectivity index (χ1v) is 6.37. The maximum absolute atomic E-state index is 11.9. The minimum atomic E-state index is -0.703. The lowest BCUT2D eigenvalue weighted by atomic mass is 9.83. The molecule has 4 nitrogen and oxygen atoms in total. The molecular formula is C16H18N2O2. The molecule has 0 saturated heterocycles. The Morgan fingerprint density at radius 2 is 1.90 bits per heavy atom. The fourth-order valence-corrected chi connectivity index (χ4v) is 2.05. The van der Waals surface area contributed by atoms with Gasteiger partial charge < -0.3 is 10.5 Å². The Kier molecular flexibility index (Phi) is 3.74. The third-order valence-corrected chi connectivity index (χ3v) is 3.35. The van der Waals surface area contributed by atoms with Gasteiger partial charge in [0, 0.05) is 5.56 Å². The number of anilines is 1. The van der Waals surface area contributed by atoms with Crippen molar-refractivity contribution in [2.24, 2.45) is 0 Å². The summed E-state index contributed by atoms with van der Waals surface area (Å²) < 4.78 is 4.86. The highest BCUT2D eigenvalue weighted by atomic mass is 16.5. The molecule has 20 heavy (non-hydrogen) atoms. The van der Waals surface area contributed by atoms with Crippen LogP contribution in [0.1, 0.15) is 19.4 Å². The molecular weight excluding hydrogens is 252 g/mol. The van der Waals surface area contributed by atoms with Crippen LogP contribution in [0.5, 0.6) is 0 Å². The van der Waals surface area contributed by atoms with E-state index in [1.165, 1.54) is 7.11 Å². The number of esters is 1. The van der Waals surface area contributed by atoms with Gasteiger partial charge in [-0.25, -0.2) is 4.98 Å². The summed E-state index contributed by atoms with van der Waals surface area (Å²) in [5.74, 6) is 0.204. The number of carbonyl (C=O) groups excluding carboxylic acids is 1. The van der Waals surface area contributed by atoms with E-state index in [-0.39, 0.29) is 5.97 Å². The standard InChI is InChI=1S/C16H18N2O2/c1-16(2,15(19)20-3)12-7-4-6-11(10-12)13-8-5-9-14(17)18-13/h4-10H,1-3H3,(H2,17,18). The zero-order valence-corrected chi connectivity index (χ0v) is 11.9. The van der Waals surface area contributed by atoms with Crippen LogP contribution in [0.4, 0.5) is 5.82 Å². The van der Waals surface area contributed by atoms with Gasteiger partial charge in [-0.05, 0) is 37.6 Å². The first-order valence-electron chi connectivity index (χ1n) is 6.37. The van der Waals surface area contributed by atoms with Crippen molar-refractivity contribution >= 4 is 11.8 Å². The van der Waals surface area contributed by atoms with E-state index in [1.54, 1.807) is 6.07 Å². The van der Waals surface area contributed by atoms with Crippen LogP contribution in [0.15, 0.2) is 42.5 Å². The zero-order chi connectivity index (χ0) is 14.8. The molecule has 1 aromatic heterocycles. The number of nitrogens with two attached hydrogens (primary N) is 1. The van der Waals surface area contributed by atoms with E-state index in [1.807, 2.05) is 50.2 Å². The number of hydrogen-bond acceptors (Lipinski definition) is 4. The van der Waals surface area contributed by atoms with Gasteiger partial charge in [-0.2, -0.15) is 0 Å². The molecule has 0 aliphatic carbocycles. The third kappa shape index (κ3) is 2.64. The highest BCUT2D eigenvalue weighted by Crippen LogP contribution is 2.28. The average molecular weight is 270 g/mol. The summed E-state index contributed by atoms with van der Waals surface area (Å²) in [6, 6.07) is 13.2. The van der Waals surface area contributed by atoms with Crippen LogP contribution in [-0.4, -0.2) is 18.1 Å². The number of ether oxygens (including phenoxy) is 1. The zero-order valence-electron chi connectivity index (χ0n) is 11.9. The Bertz CT molecular complexity index is 636. The second-order valence-corrected chi connectivity index (χ2v) is 5.15. The lowest BCUT2D eigenvalue weighted by molar-refractivity contribution is -0.146. The van der Waals surface area contributed by atoms with Gasteiger partial charge in [-0.3, -0.25) is 4.79 Å². The van der Waals surface area contributed by atoms with Crippen LogP contribution in [-0.2, 0) is 14.9 Å². The molecule has 0 radical (unpaired) electrons. The first-order chi connectivity index (χ1) is 9.45. The fraction of sp³-hybridized carbons (Fsp3) is 0.250. The molecule has 0 atom stereocenters. The van der Waals surface area contributed by atoms with E-state index in [2.05, 4.69) is 4.98 Å². The lowest BCUT2D eigenvalue weighted by Crippen LogP contribution is -2.30. The summed E-state index contributed by atoms with van der Waals surface area (Å²) >= 11 is 0. The van der Waals surface area contributed by atoms with Crippen molar-refractivity contribution in [2.45, 2.75) is 19.3 Å². The quantitative estimate of drug-likeness (QED) is 0.871. The first kappa shape index (κ1) is 14.1. The number of rotatable bonds is 3. The monoisotopic (exact) mass is 270 g/mol. The molecule has 0 spiro atoms. The van der Waals surface area contributed by atoms with E-state index in [4.69, 9.17) is 10.5 Å². The van der Waals surface area contributed by atoms with Crippen LogP contribution in [0.2, 0.25) is 0 Å². The second-order valence-electron chi connectivity index (χ2n) is 5.15. The summed E-state index contributed by atoms with van der Waals surface area (Å²) in [6.45, 7) is 3.68. The van der Waals surface area contributed by atoms with Crippen molar-refractivity contribution in [1.82, 2.24) is 4.98 Å². The number of benzene rings is 1. The lowest BCUT2D eigenvalue weighted by Gasteiger charge is -2.22. The molecule has 0 aliphatic heterocycles. The summed E-state index contributed by atoms with van der Waals surface area (Å²) in [7, 11) is 1.40. The summed E-state index contributed by atoms with van der Waals surface area (Å²) in [6.07, 6.45) is 0. The molecule has 2 N–H and O–H groups in total. The van der Waals surface area contributed by atoms with Crippen molar-refractivity contribution in [3.8, 4) is 11.3 Å². The van der Waals surface area contributed by atoms with E-state index in [0.29, 0.717) is 5.82 Å². The average Bonchev–Trinajstić information content (AvgIpc) is 2.46. The van der Waals surface area contributed by atoms with Crippen molar-refractivity contribution in [3.05, 3.63) is 48.0 Å². The Labute approximate surface area is 118 Å². The maximum atomic E-state index is 11.9. The van der Waals surface area contributed by atoms with Gasteiger partial charge in [0.25, 0.3) is 0 Å². The Hall–Kier alpha value is -2.36. The van der Waals surface area contributed by atoms with Crippen LogP contribution < -0.4 is 5.73 Å². The highest BCUT2D eigenvalue weighted by Gasteiger charge is 2.31. The molecule has 0 unspecified atom stereocenters. The van der Waals surface area contributed by atoms with Crippen LogP contribution in [0.25, 0.3) is 11.3 Å². The summed E-state index contributed by atoms with van der Waals surface area (Å²) in [5, 5.41) is 0. The smallest absolute Gasteiger partial charge is 0.315 e. The summed E-state index contributed by atoms with van der Waals surface area (Å²) in [4.78, 5) is 16.2. The van der Waals surface area contributed by atoms with Gasteiger partial charge in [-0.15, -0.1) is 0 Å². The Balaban J connectivity index is 2.45. The Morgan fingerprint density at radius 3 is 2.55 bits per heavy atom. The van der Waals surface area contributed by atoms with E-state index < -0.39 is 5.41 Å². The van der Waals surface area contributed by atoms with Gasteiger partial charge in [-0.1, -0.05) is 24.3 Å². The number of hydrogen-bond donors (Lipinski definition) is 1. The minimum Gasteiger partial charge on any atom is -0.468 e. The van der Waals surface area contributed by atoms with Crippen molar-refractivity contribution in [1.29, 1.82) is 0 Å². The molecule has 1 aromatic carbocycles. The largest absolute Gasteiger partial charge is 0.468 e. The van der Waals surface area contributed by atoms with Crippen LogP contribution in [0, 0.1) is 0 Å². The number of pyridine rings is 1. The maximum Gasteiger partial charge on any atom is 0.315 e. The van der Waals surface area contributed by atoms with Crippen molar-refractivity contribution < 1.29 is 9.53 Å². The van der Waals surface area contributed by atoms with E-state index in [0.717, 1.165) is 16.8 Å². The molecule has 0 fully saturated rings. The fourth-order valence-electron chi connectivity index (χ4n) is 2.05. The molecule has 4 heteroatoms. The molecule has 2 rings (SSSR count). The number of carbonyl (C=O) groups is 1. The van der Waals surface area contributed by atoms with Gasteiger partial charge in [0.2, 0.25) is 0 Å². The topological polar surface area (TPSA) is 65.2 Å². The highest BCUT2D eigenvalue weighted by molar-refractivity contribution is 5.82. The predicted octanol–water partition coefficient (Wildman–Crippen LogP) is 2.78. The predicted molar refractivity (Wildman–Crippen MR) is 79.1 cm³/mol. The van der Waals surface area contributed by atoms with Crippen molar-refractivity contribution in [3.63, 3.8) is 0 Å². The number of nitrogens with zero attached hydrogens (tertiary/aromatic N) is 1. The van der Waals surface area contributed by atoms with Crippen molar-refractivity contribution in [2.75, 3.05) is 12.8 Å². The molecule has 0 amide bonds. The summed E-state index contributed by atoms with van der Waals surface area (Å²) in [5.41, 5.74) is 7.59. The Morgan fingerprint density at radius 1 is 1.20 bits per heavy atom. The molecule has 0 aliphatic rings. The molecule has 1 heterocycles. The number of methoxy groups -OCH3 is 1. The van der Waals surface area contributed by atoms with Gasteiger partial charge in [0.05, 0.1) is 18.2 Å². The van der Waals surface area contributed by atoms with Gasteiger partial charge >= 0.3 is 5.97 Å². The van der Waals surface area contributed by atoms with E-state index >= 15 is 0 Å².